The van der Waals surface area contributed by atoms with Crippen LogP contribution in [-0.4, -0.2) is 27.1 Å². The molecule has 0 saturated heterocycles. The second-order valence-corrected chi connectivity index (χ2v) is 6.82. The van der Waals surface area contributed by atoms with E-state index >= 15 is 0 Å². The molecule has 2 aromatic carbocycles. The lowest BCUT2D eigenvalue weighted by Crippen LogP contribution is -2.04. The normalized spacial score (nSPS) is 10.5. The number of nitrogens with zero attached hydrogens (tertiary/aromatic N) is 4. The van der Waals surface area contributed by atoms with Gasteiger partial charge in [-0.2, -0.15) is 5.26 Å². The molecule has 6 heteroatoms. The third-order valence-corrected chi connectivity index (χ3v) is 4.79. The Kier molecular flexibility index (Phi) is 5.92. The molecule has 0 bridgehead atoms. The van der Waals surface area contributed by atoms with Crippen LogP contribution in [0.4, 0.5) is 0 Å². The molecule has 0 radical (unpaired) electrons. The van der Waals surface area contributed by atoms with Crippen molar-refractivity contribution in [3.63, 3.8) is 0 Å². The number of thioether (sulfide) groups is 1. The van der Waals surface area contributed by atoms with Crippen LogP contribution in [0.2, 0.25) is 0 Å². The predicted molar refractivity (Wildman–Crippen MR) is 103 cm³/mol. The van der Waals surface area contributed by atoms with Gasteiger partial charge in [0.1, 0.15) is 5.75 Å². The molecule has 0 aliphatic carbocycles. The van der Waals surface area contributed by atoms with Gasteiger partial charge in [-0.15, -0.1) is 10.2 Å². The van der Waals surface area contributed by atoms with Crippen molar-refractivity contribution in [2.45, 2.75) is 25.5 Å². The van der Waals surface area contributed by atoms with Gasteiger partial charge in [0.15, 0.2) is 11.0 Å². The highest BCUT2D eigenvalue weighted by atomic mass is 32.2. The minimum Gasteiger partial charge on any atom is -0.493 e. The van der Waals surface area contributed by atoms with Gasteiger partial charge in [-0.1, -0.05) is 41.6 Å². The van der Waals surface area contributed by atoms with E-state index in [2.05, 4.69) is 52.9 Å². The molecule has 0 aliphatic rings. The monoisotopic (exact) mass is 364 g/mol. The van der Waals surface area contributed by atoms with E-state index in [0.29, 0.717) is 17.9 Å². The summed E-state index contributed by atoms with van der Waals surface area (Å²) in [6.07, 6.45) is 0. The molecule has 0 aliphatic heterocycles. The average molecular weight is 364 g/mol. The van der Waals surface area contributed by atoms with Crippen molar-refractivity contribution in [1.29, 1.82) is 5.26 Å². The summed E-state index contributed by atoms with van der Waals surface area (Å²) in [5.41, 5.74) is 2.88. The first-order chi connectivity index (χ1) is 12.7. The molecule has 0 atom stereocenters. The molecular formula is C20H20N4OS. The summed E-state index contributed by atoms with van der Waals surface area (Å²) in [6.45, 7) is 5.51. The highest BCUT2D eigenvalue weighted by Crippen LogP contribution is 2.24. The maximum absolute atomic E-state index is 8.93. The van der Waals surface area contributed by atoms with E-state index in [-0.39, 0.29) is 0 Å². The number of nitriles is 1. The molecule has 0 saturated carbocycles. The Labute approximate surface area is 157 Å². The second kappa shape index (κ2) is 8.54. The number of aromatic nitrogens is 3. The lowest BCUT2D eigenvalue weighted by atomic mass is 10.1. The van der Waals surface area contributed by atoms with Crippen molar-refractivity contribution in [3.8, 4) is 23.2 Å². The summed E-state index contributed by atoms with van der Waals surface area (Å²) in [6, 6.07) is 17.6. The smallest absolute Gasteiger partial charge is 0.191 e. The Hall–Kier alpha value is -2.78. The molecule has 0 spiro atoms. The van der Waals surface area contributed by atoms with Gasteiger partial charge >= 0.3 is 0 Å². The highest BCUT2D eigenvalue weighted by molar-refractivity contribution is 7.99. The summed E-state index contributed by atoms with van der Waals surface area (Å²) in [5, 5.41) is 18.5. The minimum atomic E-state index is 0.538. The molecule has 5 nitrogen and oxygen atoms in total. The zero-order chi connectivity index (χ0) is 18.4. The van der Waals surface area contributed by atoms with Gasteiger partial charge in [0.25, 0.3) is 0 Å². The first-order valence-corrected chi connectivity index (χ1v) is 9.46. The number of aryl methyl sites for hydroxylation is 1. The summed E-state index contributed by atoms with van der Waals surface area (Å²) in [4.78, 5) is 0. The van der Waals surface area contributed by atoms with Gasteiger partial charge in [0, 0.05) is 17.9 Å². The zero-order valence-electron chi connectivity index (χ0n) is 14.8. The third-order valence-electron chi connectivity index (χ3n) is 3.86. The lowest BCUT2D eigenvalue weighted by Gasteiger charge is -2.09. The van der Waals surface area contributed by atoms with E-state index in [9.17, 15) is 0 Å². The van der Waals surface area contributed by atoms with E-state index in [0.717, 1.165) is 28.8 Å². The molecule has 3 rings (SSSR count). The van der Waals surface area contributed by atoms with Crippen molar-refractivity contribution < 1.29 is 4.74 Å². The van der Waals surface area contributed by atoms with Gasteiger partial charge in [-0.3, -0.25) is 0 Å². The van der Waals surface area contributed by atoms with E-state index in [1.165, 1.54) is 5.56 Å². The quantitative estimate of drug-likeness (QED) is 0.461. The SMILES string of the molecule is CCn1c(SCCOc2cccc(C#N)c2)nnc1-c1cccc(C)c1. The van der Waals surface area contributed by atoms with Crippen molar-refractivity contribution in [2.24, 2.45) is 0 Å². The Morgan fingerprint density at radius 3 is 2.77 bits per heavy atom. The van der Waals surface area contributed by atoms with Gasteiger partial charge in [0.2, 0.25) is 0 Å². The third kappa shape index (κ3) is 4.24. The molecule has 0 N–H and O–H groups in total. The van der Waals surface area contributed by atoms with Crippen LogP contribution in [0.15, 0.2) is 53.7 Å². The molecule has 132 valence electrons. The van der Waals surface area contributed by atoms with Gasteiger partial charge in [-0.25, -0.2) is 0 Å². The molecule has 0 unspecified atom stereocenters. The Bertz CT molecular complexity index is 930. The van der Waals surface area contributed by atoms with Crippen LogP contribution < -0.4 is 4.74 Å². The van der Waals surface area contributed by atoms with Crippen LogP contribution in [0.25, 0.3) is 11.4 Å². The van der Waals surface area contributed by atoms with Crippen molar-refractivity contribution in [1.82, 2.24) is 14.8 Å². The molecular weight excluding hydrogens is 344 g/mol. The fourth-order valence-corrected chi connectivity index (χ4v) is 3.45. The lowest BCUT2D eigenvalue weighted by molar-refractivity contribution is 0.343. The maximum Gasteiger partial charge on any atom is 0.191 e. The molecule has 1 aromatic heterocycles. The van der Waals surface area contributed by atoms with E-state index in [1.54, 1.807) is 23.9 Å². The van der Waals surface area contributed by atoms with Gasteiger partial charge < -0.3 is 9.30 Å². The van der Waals surface area contributed by atoms with E-state index in [4.69, 9.17) is 10.00 Å². The van der Waals surface area contributed by atoms with Gasteiger partial charge in [-0.05, 0) is 38.1 Å². The van der Waals surface area contributed by atoms with E-state index < -0.39 is 0 Å². The first-order valence-electron chi connectivity index (χ1n) is 8.47. The maximum atomic E-state index is 8.93. The highest BCUT2D eigenvalue weighted by Gasteiger charge is 2.13. The summed E-state index contributed by atoms with van der Waals surface area (Å²) >= 11 is 1.62. The molecule has 26 heavy (non-hydrogen) atoms. The summed E-state index contributed by atoms with van der Waals surface area (Å²) in [7, 11) is 0. The molecule has 0 fully saturated rings. The Balaban J connectivity index is 1.63. The first kappa shape index (κ1) is 18.0. The Morgan fingerprint density at radius 2 is 2.00 bits per heavy atom. The van der Waals surface area contributed by atoms with Crippen LogP contribution in [0.5, 0.6) is 5.75 Å². The van der Waals surface area contributed by atoms with Crippen molar-refractivity contribution >= 4 is 11.8 Å². The molecule has 3 aromatic rings. The second-order valence-electron chi connectivity index (χ2n) is 5.76. The Morgan fingerprint density at radius 1 is 1.15 bits per heavy atom. The molecule has 1 heterocycles. The van der Waals surface area contributed by atoms with Crippen LogP contribution in [0.3, 0.4) is 0 Å². The van der Waals surface area contributed by atoms with Crippen LogP contribution in [0.1, 0.15) is 18.1 Å². The van der Waals surface area contributed by atoms with E-state index in [1.807, 2.05) is 18.2 Å². The number of hydrogen-bond acceptors (Lipinski definition) is 5. The fourth-order valence-electron chi connectivity index (χ4n) is 2.63. The van der Waals surface area contributed by atoms with Gasteiger partial charge in [0.05, 0.1) is 18.2 Å². The number of rotatable bonds is 7. The van der Waals surface area contributed by atoms with Crippen molar-refractivity contribution in [2.75, 3.05) is 12.4 Å². The van der Waals surface area contributed by atoms with Crippen LogP contribution in [0, 0.1) is 18.3 Å². The number of benzene rings is 2. The van der Waals surface area contributed by atoms with Crippen molar-refractivity contribution in [3.05, 3.63) is 59.7 Å². The minimum absolute atomic E-state index is 0.538. The number of hydrogen-bond donors (Lipinski definition) is 0. The van der Waals surface area contributed by atoms with Crippen LogP contribution in [-0.2, 0) is 6.54 Å². The summed E-state index contributed by atoms with van der Waals surface area (Å²) in [5.74, 6) is 2.35. The largest absolute Gasteiger partial charge is 0.493 e. The standard InChI is InChI=1S/C20H20N4OS/c1-3-24-19(17-8-4-6-15(2)12-17)22-23-20(24)26-11-10-25-18-9-5-7-16(13-18)14-21/h4-9,12-13H,3,10-11H2,1-2H3. The summed E-state index contributed by atoms with van der Waals surface area (Å²) < 4.78 is 7.84. The van der Waals surface area contributed by atoms with Crippen LogP contribution >= 0.6 is 11.8 Å². The average Bonchev–Trinajstić information content (AvgIpc) is 3.08. The fraction of sp³-hybridized carbons (Fsp3) is 0.250. The predicted octanol–water partition coefficient (Wildman–Crippen LogP) is 4.32. The molecule has 0 amide bonds. The number of ether oxygens (including phenoxy) is 1. The zero-order valence-corrected chi connectivity index (χ0v) is 15.7. The topological polar surface area (TPSA) is 63.7 Å².